The summed E-state index contributed by atoms with van der Waals surface area (Å²) in [6, 6.07) is 4.93. The average molecular weight is 263 g/mol. The lowest BCUT2D eigenvalue weighted by Gasteiger charge is -1.99. The topological polar surface area (TPSA) is 87.2 Å². The summed E-state index contributed by atoms with van der Waals surface area (Å²) in [6.45, 7) is 0. The van der Waals surface area contributed by atoms with Gasteiger partial charge in [-0.1, -0.05) is 0 Å². The van der Waals surface area contributed by atoms with Gasteiger partial charge in [0.2, 0.25) is 0 Å². The van der Waals surface area contributed by atoms with Gasteiger partial charge in [0.05, 0.1) is 13.3 Å². The molecule has 0 radical (unpaired) electrons. The van der Waals surface area contributed by atoms with Crippen molar-refractivity contribution in [3.63, 3.8) is 0 Å². The average Bonchev–Trinajstić information content (AvgIpc) is 2.80. The fraction of sp³-hybridized carbons (Fsp3) is 0.0833. The Morgan fingerprint density at radius 1 is 1.32 bits per heavy atom. The predicted molar refractivity (Wildman–Crippen MR) is 64.1 cm³/mol. The zero-order valence-corrected chi connectivity index (χ0v) is 9.96. The first-order valence-corrected chi connectivity index (χ1v) is 5.26. The third-order valence-corrected chi connectivity index (χ3v) is 2.45. The summed E-state index contributed by atoms with van der Waals surface area (Å²) in [4.78, 5) is 23.3. The molecule has 1 aromatic carbocycles. The Balaban J connectivity index is 2.34. The minimum absolute atomic E-state index is 0.00189. The lowest BCUT2D eigenvalue weighted by molar-refractivity contribution is 0.0602. The van der Waals surface area contributed by atoms with E-state index in [0.717, 1.165) is 16.8 Å². The number of nitrogens with two attached hydrogens (primary N) is 1. The summed E-state index contributed by atoms with van der Waals surface area (Å²) in [6.07, 6.45) is 1.17. The molecule has 0 aliphatic rings. The van der Waals surface area contributed by atoms with Crippen molar-refractivity contribution >= 4 is 17.7 Å². The van der Waals surface area contributed by atoms with E-state index >= 15 is 0 Å². The number of aromatic nitrogens is 2. The molecule has 0 spiro atoms. The first kappa shape index (κ1) is 12.7. The van der Waals surface area contributed by atoms with E-state index in [9.17, 15) is 14.0 Å². The van der Waals surface area contributed by atoms with Crippen LogP contribution in [0.4, 0.5) is 10.2 Å². The fourth-order valence-corrected chi connectivity index (χ4v) is 1.48. The molecule has 0 saturated heterocycles. The van der Waals surface area contributed by atoms with E-state index in [1.807, 2.05) is 0 Å². The molecule has 0 unspecified atom stereocenters. The summed E-state index contributed by atoms with van der Waals surface area (Å²) in [5.41, 5.74) is 5.73. The summed E-state index contributed by atoms with van der Waals surface area (Å²) in [7, 11) is 1.20. The van der Waals surface area contributed by atoms with Crippen LogP contribution >= 0.6 is 0 Å². The number of rotatable bonds is 2. The van der Waals surface area contributed by atoms with Gasteiger partial charge in [0.1, 0.15) is 11.4 Å². The van der Waals surface area contributed by atoms with E-state index in [1.165, 1.54) is 25.4 Å². The van der Waals surface area contributed by atoms with Crippen molar-refractivity contribution < 1.29 is 18.7 Å². The molecular weight excluding hydrogens is 253 g/mol. The molecule has 1 aromatic heterocycles. The number of carbonyl (C=O) groups is 2. The number of hydrogen-bond acceptors (Lipinski definition) is 5. The maximum atomic E-state index is 12.8. The lowest BCUT2D eigenvalue weighted by atomic mass is 10.2. The maximum absolute atomic E-state index is 12.8. The van der Waals surface area contributed by atoms with E-state index in [1.54, 1.807) is 0 Å². The quantitative estimate of drug-likeness (QED) is 0.819. The van der Waals surface area contributed by atoms with Crippen LogP contribution in [-0.2, 0) is 4.74 Å². The molecule has 0 fully saturated rings. The van der Waals surface area contributed by atoms with Crippen LogP contribution in [-0.4, -0.2) is 28.8 Å². The van der Waals surface area contributed by atoms with E-state index in [2.05, 4.69) is 9.84 Å². The number of benzene rings is 1. The smallest absolute Gasteiger partial charge is 0.343 e. The van der Waals surface area contributed by atoms with E-state index in [0.29, 0.717) is 0 Å². The van der Waals surface area contributed by atoms with Crippen molar-refractivity contribution in [2.75, 3.05) is 12.8 Å². The Morgan fingerprint density at radius 3 is 2.53 bits per heavy atom. The zero-order chi connectivity index (χ0) is 14.0. The summed E-state index contributed by atoms with van der Waals surface area (Å²) < 4.78 is 18.2. The van der Waals surface area contributed by atoms with Gasteiger partial charge in [-0.3, -0.25) is 4.79 Å². The van der Waals surface area contributed by atoms with Gasteiger partial charge < -0.3 is 10.5 Å². The van der Waals surface area contributed by atoms with E-state index in [4.69, 9.17) is 5.73 Å². The molecule has 0 bridgehead atoms. The molecule has 0 aliphatic carbocycles. The second-order valence-corrected chi connectivity index (χ2v) is 3.68. The number of esters is 1. The van der Waals surface area contributed by atoms with Crippen molar-refractivity contribution in [1.82, 2.24) is 9.78 Å². The minimum Gasteiger partial charge on any atom is -0.465 e. The highest BCUT2D eigenvalue weighted by Crippen LogP contribution is 2.12. The normalized spacial score (nSPS) is 10.2. The van der Waals surface area contributed by atoms with Crippen molar-refractivity contribution in [3.8, 4) is 0 Å². The van der Waals surface area contributed by atoms with Crippen LogP contribution in [0.1, 0.15) is 20.7 Å². The SMILES string of the molecule is COC(=O)c1cn(C(=O)c2ccc(F)cc2)nc1N. The molecule has 2 aromatic rings. The van der Waals surface area contributed by atoms with E-state index in [-0.39, 0.29) is 16.9 Å². The minimum atomic E-state index is -0.685. The standard InChI is InChI=1S/C12H10FN3O3/c1-19-12(18)9-6-16(15-10(9)14)11(17)7-2-4-8(13)5-3-7/h2-6H,1H3,(H2,14,15). The number of ether oxygens (including phenoxy) is 1. The maximum Gasteiger partial charge on any atom is 0.343 e. The highest BCUT2D eigenvalue weighted by molar-refractivity contribution is 5.99. The molecule has 0 amide bonds. The van der Waals surface area contributed by atoms with Gasteiger partial charge in [0.25, 0.3) is 5.91 Å². The fourth-order valence-electron chi connectivity index (χ4n) is 1.48. The van der Waals surface area contributed by atoms with Gasteiger partial charge in [-0.2, -0.15) is 0 Å². The summed E-state index contributed by atoms with van der Waals surface area (Å²) >= 11 is 0. The summed E-state index contributed by atoms with van der Waals surface area (Å²) in [5, 5.41) is 3.73. The van der Waals surface area contributed by atoms with Crippen LogP contribution in [0.5, 0.6) is 0 Å². The Kier molecular flexibility index (Phi) is 3.28. The third kappa shape index (κ3) is 2.44. The van der Waals surface area contributed by atoms with Crippen molar-refractivity contribution in [2.24, 2.45) is 0 Å². The Hall–Kier alpha value is -2.70. The lowest BCUT2D eigenvalue weighted by Crippen LogP contribution is -2.12. The first-order chi connectivity index (χ1) is 9.02. The van der Waals surface area contributed by atoms with Gasteiger partial charge in [0, 0.05) is 5.56 Å². The van der Waals surface area contributed by atoms with E-state index < -0.39 is 17.7 Å². The largest absolute Gasteiger partial charge is 0.465 e. The van der Waals surface area contributed by atoms with Crippen LogP contribution < -0.4 is 5.73 Å². The van der Waals surface area contributed by atoms with Gasteiger partial charge in [-0.25, -0.2) is 13.9 Å². The Labute approximate surface area is 107 Å². The Morgan fingerprint density at radius 2 is 1.95 bits per heavy atom. The highest BCUT2D eigenvalue weighted by atomic mass is 19.1. The second-order valence-electron chi connectivity index (χ2n) is 3.68. The molecule has 7 heteroatoms. The van der Waals surface area contributed by atoms with Crippen LogP contribution in [0.15, 0.2) is 30.5 Å². The van der Waals surface area contributed by atoms with Gasteiger partial charge in [-0.05, 0) is 24.3 Å². The number of methoxy groups -OCH3 is 1. The number of nitrogen functional groups attached to an aromatic ring is 1. The molecule has 19 heavy (non-hydrogen) atoms. The Bertz CT molecular complexity index is 634. The molecule has 98 valence electrons. The molecule has 2 rings (SSSR count). The zero-order valence-electron chi connectivity index (χ0n) is 9.96. The molecule has 2 N–H and O–H groups in total. The van der Waals surface area contributed by atoms with Crippen molar-refractivity contribution in [1.29, 1.82) is 0 Å². The van der Waals surface area contributed by atoms with Crippen LogP contribution in [0, 0.1) is 5.82 Å². The third-order valence-electron chi connectivity index (χ3n) is 2.45. The van der Waals surface area contributed by atoms with Crippen molar-refractivity contribution in [2.45, 2.75) is 0 Å². The highest BCUT2D eigenvalue weighted by Gasteiger charge is 2.18. The first-order valence-electron chi connectivity index (χ1n) is 5.26. The number of anilines is 1. The number of hydrogen-bond donors (Lipinski definition) is 1. The molecule has 0 aliphatic heterocycles. The number of halogens is 1. The molecular formula is C12H10FN3O3. The second kappa shape index (κ2) is 4.89. The molecule has 1 heterocycles. The predicted octanol–water partition coefficient (Wildman–Crippen LogP) is 1.08. The monoisotopic (exact) mass is 263 g/mol. The number of carbonyl (C=O) groups excluding carboxylic acids is 2. The van der Waals surface area contributed by atoms with Gasteiger partial charge in [0.15, 0.2) is 5.82 Å². The van der Waals surface area contributed by atoms with Crippen LogP contribution in [0.3, 0.4) is 0 Å². The van der Waals surface area contributed by atoms with Crippen molar-refractivity contribution in [3.05, 3.63) is 47.4 Å². The van der Waals surface area contributed by atoms with Gasteiger partial charge >= 0.3 is 5.97 Å². The number of nitrogens with zero attached hydrogens (tertiary/aromatic N) is 2. The van der Waals surface area contributed by atoms with Crippen LogP contribution in [0.25, 0.3) is 0 Å². The molecule has 6 nitrogen and oxygen atoms in total. The van der Waals surface area contributed by atoms with Gasteiger partial charge in [-0.15, -0.1) is 5.10 Å². The molecule has 0 saturated carbocycles. The van der Waals surface area contributed by atoms with Crippen LogP contribution in [0.2, 0.25) is 0 Å². The molecule has 0 atom stereocenters. The summed E-state index contributed by atoms with van der Waals surface area (Å²) in [5.74, 6) is -1.77.